The minimum Gasteiger partial charge on any atom is -0.497 e. The number of ether oxygens (including phenoxy) is 2. The largest absolute Gasteiger partial charge is 0.694 e. The smallest absolute Gasteiger partial charge is 0.497 e. The summed E-state index contributed by atoms with van der Waals surface area (Å²) in [5.41, 5.74) is 2.51. The first-order valence-electron chi connectivity index (χ1n) is 11.4. The second-order valence-electron chi connectivity index (χ2n) is 7.88. The van der Waals surface area contributed by atoms with Gasteiger partial charge in [0.25, 0.3) is 0 Å². The molecule has 0 heterocycles. The molecule has 3 aromatic rings. The molecule has 0 aromatic heterocycles. The summed E-state index contributed by atoms with van der Waals surface area (Å²) in [5.74, 6) is 1.83. The first kappa shape index (κ1) is 25.1. The Labute approximate surface area is 196 Å². The van der Waals surface area contributed by atoms with Gasteiger partial charge in [0.15, 0.2) is 0 Å². The van der Waals surface area contributed by atoms with E-state index in [1.807, 2.05) is 24.3 Å². The summed E-state index contributed by atoms with van der Waals surface area (Å²) in [6, 6.07) is 20.7. The third-order valence-electron chi connectivity index (χ3n) is 5.49. The van der Waals surface area contributed by atoms with Gasteiger partial charge in [-0.1, -0.05) is 42.5 Å². The summed E-state index contributed by atoms with van der Waals surface area (Å²) in [6.45, 7) is 2.40. The Morgan fingerprint density at radius 2 is 1.76 bits per heavy atom. The number of nitrogens with one attached hydrogen (secondary N) is 1. The van der Waals surface area contributed by atoms with Gasteiger partial charge in [-0.15, -0.1) is 9.42 Å². The van der Waals surface area contributed by atoms with Crippen LogP contribution in [0.5, 0.6) is 11.5 Å². The van der Waals surface area contributed by atoms with E-state index >= 15 is 0 Å². The molecule has 3 rings (SSSR count). The highest BCUT2D eigenvalue weighted by atomic mass is 31.1. The topological polar surface area (TPSA) is 77.0 Å². The van der Waals surface area contributed by atoms with Crippen LogP contribution >= 0.6 is 8.25 Å². The van der Waals surface area contributed by atoms with Crippen LogP contribution in [0.2, 0.25) is 0 Å². The van der Waals surface area contributed by atoms with Gasteiger partial charge in [0.1, 0.15) is 18.1 Å². The zero-order chi connectivity index (χ0) is 23.3. The molecule has 0 fully saturated rings. The summed E-state index contributed by atoms with van der Waals surface area (Å²) in [4.78, 5) is 8.65. The van der Waals surface area contributed by atoms with Gasteiger partial charge < -0.3 is 14.8 Å². The summed E-state index contributed by atoms with van der Waals surface area (Å²) in [6.07, 6.45) is 4.99. The third-order valence-corrected chi connectivity index (χ3v) is 5.89. The van der Waals surface area contributed by atoms with Crippen LogP contribution in [0.1, 0.15) is 36.8 Å². The molecular formula is C26H33NO5P+. The van der Waals surface area contributed by atoms with Crippen LogP contribution in [-0.4, -0.2) is 31.8 Å². The maximum Gasteiger partial charge on any atom is 0.694 e. The fraction of sp³-hybridized carbons (Fsp3) is 0.385. The van der Waals surface area contributed by atoms with Crippen molar-refractivity contribution in [3.63, 3.8) is 0 Å². The normalized spacial score (nSPS) is 11.5. The van der Waals surface area contributed by atoms with Gasteiger partial charge in [-0.05, 0) is 73.4 Å². The first-order chi connectivity index (χ1) is 16.2. The number of fused-ring (bicyclic) bond motifs is 1. The van der Waals surface area contributed by atoms with Crippen molar-refractivity contribution in [2.75, 3.05) is 26.9 Å². The van der Waals surface area contributed by atoms with Gasteiger partial charge in [-0.25, -0.2) is 0 Å². The Morgan fingerprint density at radius 1 is 0.909 bits per heavy atom. The average molecular weight is 471 g/mol. The maximum absolute atomic E-state index is 10.5. The van der Waals surface area contributed by atoms with Crippen molar-refractivity contribution < 1.29 is 23.5 Å². The number of aryl methyl sites for hydroxylation is 1. The van der Waals surface area contributed by atoms with Crippen molar-refractivity contribution in [3.05, 3.63) is 71.8 Å². The minimum absolute atomic E-state index is 0.270. The molecule has 176 valence electrons. The Morgan fingerprint density at radius 3 is 2.58 bits per heavy atom. The third kappa shape index (κ3) is 8.41. The minimum atomic E-state index is -2.51. The van der Waals surface area contributed by atoms with E-state index in [0.717, 1.165) is 49.1 Å². The van der Waals surface area contributed by atoms with Gasteiger partial charge >= 0.3 is 8.25 Å². The predicted octanol–water partition coefficient (Wildman–Crippen LogP) is 5.79. The van der Waals surface area contributed by atoms with Crippen molar-refractivity contribution in [1.29, 1.82) is 0 Å². The standard InChI is InChI=1S/C26H32NO5P/c1-30-23-11-7-10-21(19-23)9-3-2-6-17-31-26-15-14-22(24-12-4-5-13-25(24)26)20-27-16-8-18-32-33(28)29/h4-5,7,10-15,19,27H,2-3,6,8-9,16-18,20H2,1H3/p+1. The van der Waals surface area contributed by atoms with Gasteiger partial charge in [0.05, 0.1) is 13.7 Å². The van der Waals surface area contributed by atoms with E-state index in [1.165, 1.54) is 16.5 Å². The zero-order valence-corrected chi connectivity index (χ0v) is 20.1. The summed E-state index contributed by atoms with van der Waals surface area (Å²) >= 11 is 0. The van der Waals surface area contributed by atoms with Crippen molar-refractivity contribution >= 4 is 19.0 Å². The zero-order valence-electron chi connectivity index (χ0n) is 19.2. The molecule has 33 heavy (non-hydrogen) atoms. The molecule has 6 nitrogen and oxygen atoms in total. The highest BCUT2D eigenvalue weighted by Gasteiger charge is 2.10. The summed E-state index contributed by atoms with van der Waals surface area (Å²) in [7, 11) is -0.811. The molecule has 0 aliphatic heterocycles. The van der Waals surface area contributed by atoms with Crippen LogP contribution in [0.25, 0.3) is 10.8 Å². The van der Waals surface area contributed by atoms with E-state index in [2.05, 4.69) is 46.2 Å². The molecule has 0 radical (unpaired) electrons. The highest BCUT2D eigenvalue weighted by Crippen LogP contribution is 2.29. The fourth-order valence-corrected chi connectivity index (χ4v) is 4.08. The summed E-state index contributed by atoms with van der Waals surface area (Å²) < 4.78 is 26.6. The monoisotopic (exact) mass is 470 g/mol. The van der Waals surface area contributed by atoms with Gasteiger partial charge in [-0.2, -0.15) is 0 Å². The van der Waals surface area contributed by atoms with Crippen LogP contribution in [-0.2, 0) is 22.1 Å². The average Bonchev–Trinajstić information content (AvgIpc) is 2.84. The molecule has 1 unspecified atom stereocenters. The van der Waals surface area contributed by atoms with Crippen LogP contribution in [0.3, 0.4) is 0 Å². The lowest BCUT2D eigenvalue weighted by Crippen LogP contribution is -2.16. The number of hydrogen-bond donors (Lipinski definition) is 2. The van der Waals surface area contributed by atoms with E-state index in [1.54, 1.807) is 7.11 Å². The number of unbranched alkanes of at least 4 members (excludes halogenated alkanes) is 2. The van der Waals surface area contributed by atoms with Crippen LogP contribution in [0, 0.1) is 0 Å². The molecule has 1 atom stereocenters. The molecule has 0 aliphatic carbocycles. The number of methoxy groups -OCH3 is 1. The van der Waals surface area contributed by atoms with Crippen molar-refractivity contribution in [2.24, 2.45) is 0 Å². The lowest BCUT2D eigenvalue weighted by Gasteiger charge is -2.13. The fourth-order valence-electron chi connectivity index (χ4n) is 3.79. The van der Waals surface area contributed by atoms with E-state index in [4.69, 9.17) is 14.4 Å². The number of rotatable bonds is 15. The molecule has 3 aromatic carbocycles. The van der Waals surface area contributed by atoms with Crippen molar-refractivity contribution in [1.82, 2.24) is 5.32 Å². The second-order valence-corrected chi connectivity index (χ2v) is 8.61. The van der Waals surface area contributed by atoms with E-state index < -0.39 is 8.25 Å². The highest BCUT2D eigenvalue weighted by molar-refractivity contribution is 7.32. The molecule has 0 bridgehead atoms. The maximum atomic E-state index is 10.5. The molecule has 0 amide bonds. The first-order valence-corrected chi connectivity index (χ1v) is 12.6. The molecule has 2 N–H and O–H groups in total. The number of hydrogen-bond acceptors (Lipinski definition) is 5. The Balaban J connectivity index is 1.44. The molecular weight excluding hydrogens is 437 g/mol. The predicted molar refractivity (Wildman–Crippen MR) is 132 cm³/mol. The molecule has 7 heteroatoms. The Hall–Kier alpha value is -2.50. The molecule has 0 saturated heterocycles. The SMILES string of the molecule is COc1cccc(CCCCCOc2ccc(CNCCCO[P+](=O)O)c3ccccc23)c1. The Bertz CT molecular complexity index is 1030. The van der Waals surface area contributed by atoms with Crippen molar-refractivity contribution in [3.8, 4) is 11.5 Å². The van der Waals surface area contributed by atoms with Crippen LogP contribution < -0.4 is 14.8 Å². The molecule has 0 spiro atoms. The van der Waals surface area contributed by atoms with E-state index in [0.29, 0.717) is 19.6 Å². The van der Waals surface area contributed by atoms with Gasteiger partial charge in [0.2, 0.25) is 0 Å². The van der Waals surface area contributed by atoms with Crippen LogP contribution in [0.15, 0.2) is 60.7 Å². The lowest BCUT2D eigenvalue weighted by atomic mass is 10.0. The quantitative estimate of drug-likeness (QED) is 0.216. The summed E-state index contributed by atoms with van der Waals surface area (Å²) in [5, 5.41) is 5.66. The van der Waals surface area contributed by atoms with Crippen molar-refractivity contribution in [2.45, 2.75) is 38.6 Å². The Kier molecular flexibility index (Phi) is 10.6. The lowest BCUT2D eigenvalue weighted by molar-refractivity contribution is 0.276. The van der Waals surface area contributed by atoms with E-state index in [-0.39, 0.29) is 6.61 Å². The van der Waals surface area contributed by atoms with Gasteiger partial charge in [0, 0.05) is 16.5 Å². The molecule has 0 aliphatic rings. The molecule has 0 saturated carbocycles. The van der Waals surface area contributed by atoms with Crippen LogP contribution in [0.4, 0.5) is 0 Å². The second kappa shape index (κ2) is 13.9. The number of benzene rings is 3. The van der Waals surface area contributed by atoms with Gasteiger partial charge in [-0.3, -0.25) is 0 Å². The van der Waals surface area contributed by atoms with E-state index in [9.17, 15) is 4.57 Å².